The summed E-state index contributed by atoms with van der Waals surface area (Å²) in [6.07, 6.45) is -2.65. The Kier molecular flexibility index (Phi) is 3.25. The minimum Gasteiger partial charge on any atom is -0.336 e. The molecule has 0 aliphatic carbocycles. The van der Waals surface area contributed by atoms with E-state index in [9.17, 15) is 18.0 Å². The molecule has 3 nitrogen and oxygen atoms in total. The van der Waals surface area contributed by atoms with Gasteiger partial charge in [-0.05, 0) is 22.0 Å². The number of hydrogen-bond donors (Lipinski definition) is 1. The summed E-state index contributed by atoms with van der Waals surface area (Å²) < 4.78 is 38.0. The van der Waals surface area contributed by atoms with E-state index in [0.717, 1.165) is 6.07 Å². The van der Waals surface area contributed by atoms with Gasteiger partial charge in [0, 0.05) is 10.0 Å². The monoisotopic (exact) mass is 318 g/mol. The van der Waals surface area contributed by atoms with Gasteiger partial charge in [-0.1, -0.05) is 12.1 Å². The molecule has 0 unspecified atom stereocenters. The molecule has 1 heterocycles. The molecule has 2 rings (SSSR count). The smallest absolute Gasteiger partial charge is 0.336 e. The first-order valence-electron chi connectivity index (χ1n) is 4.79. The van der Waals surface area contributed by atoms with Gasteiger partial charge in [0.15, 0.2) is 6.29 Å². The first-order chi connectivity index (χ1) is 8.43. The number of benzene rings is 1. The molecule has 0 aliphatic rings. The van der Waals surface area contributed by atoms with E-state index in [1.807, 2.05) is 0 Å². The van der Waals surface area contributed by atoms with Crippen LogP contribution in [0, 0.1) is 0 Å². The molecular formula is C11H6BrF3N2O. The molecule has 0 saturated heterocycles. The maximum absolute atomic E-state index is 12.7. The van der Waals surface area contributed by atoms with Gasteiger partial charge in [-0.2, -0.15) is 13.2 Å². The molecule has 1 aromatic heterocycles. The highest BCUT2D eigenvalue weighted by atomic mass is 79.9. The van der Waals surface area contributed by atoms with Crippen LogP contribution in [0.2, 0.25) is 0 Å². The molecule has 0 spiro atoms. The van der Waals surface area contributed by atoms with Crippen LogP contribution in [-0.2, 0) is 6.18 Å². The second kappa shape index (κ2) is 4.56. The standard InChI is InChI=1S/C11H6BrF3N2O/c12-9-7(10-16-4-6(5-18)17-10)2-1-3-8(9)11(13,14)15/h1-5H,(H,16,17). The van der Waals surface area contributed by atoms with Crippen LogP contribution in [0.5, 0.6) is 0 Å². The molecule has 0 bridgehead atoms. The Morgan fingerprint density at radius 1 is 1.33 bits per heavy atom. The number of aldehydes is 1. The van der Waals surface area contributed by atoms with Gasteiger partial charge in [0.1, 0.15) is 5.82 Å². The molecule has 18 heavy (non-hydrogen) atoms. The molecule has 0 fully saturated rings. The second-order valence-electron chi connectivity index (χ2n) is 3.47. The fraction of sp³-hybridized carbons (Fsp3) is 0.0909. The van der Waals surface area contributed by atoms with Crippen molar-refractivity contribution in [2.75, 3.05) is 0 Å². The van der Waals surface area contributed by atoms with Crippen LogP contribution in [0.1, 0.15) is 16.1 Å². The van der Waals surface area contributed by atoms with Gasteiger partial charge < -0.3 is 4.98 Å². The SMILES string of the molecule is O=Cc1cnc(-c2cccc(C(F)(F)F)c2Br)[nH]1. The van der Waals surface area contributed by atoms with E-state index in [2.05, 4.69) is 25.9 Å². The zero-order valence-electron chi connectivity index (χ0n) is 8.75. The fourth-order valence-corrected chi connectivity index (χ4v) is 2.14. The lowest BCUT2D eigenvalue weighted by Crippen LogP contribution is -2.06. The molecule has 0 amide bonds. The minimum atomic E-state index is -4.45. The van der Waals surface area contributed by atoms with Gasteiger partial charge in [-0.3, -0.25) is 4.79 Å². The number of rotatable bonds is 2. The van der Waals surface area contributed by atoms with Gasteiger partial charge >= 0.3 is 6.18 Å². The summed E-state index contributed by atoms with van der Waals surface area (Å²) in [6, 6.07) is 3.73. The van der Waals surface area contributed by atoms with E-state index in [-0.39, 0.29) is 21.6 Å². The normalized spacial score (nSPS) is 11.6. The lowest BCUT2D eigenvalue weighted by molar-refractivity contribution is -0.138. The highest BCUT2D eigenvalue weighted by Gasteiger charge is 2.33. The van der Waals surface area contributed by atoms with Gasteiger partial charge in [0.2, 0.25) is 0 Å². The quantitative estimate of drug-likeness (QED) is 0.859. The van der Waals surface area contributed by atoms with Crippen LogP contribution in [0.15, 0.2) is 28.9 Å². The second-order valence-corrected chi connectivity index (χ2v) is 4.26. The average Bonchev–Trinajstić information content (AvgIpc) is 2.76. The highest BCUT2D eigenvalue weighted by Crippen LogP contribution is 2.39. The summed E-state index contributed by atoms with van der Waals surface area (Å²) in [5, 5.41) is 0. The maximum Gasteiger partial charge on any atom is 0.417 e. The first kappa shape index (κ1) is 12.8. The number of halogens is 4. The predicted octanol–water partition coefficient (Wildman–Crippen LogP) is 3.67. The van der Waals surface area contributed by atoms with Crippen molar-refractivity contribution in [2.24, 2.45) is 0 Å². The fourth-order valence-electron chi connectivity index (χ4n) is 1.47. The summed E-state index contributed by atoms with van der Waals surface area (Å²) in [4.78, 5) is 17.0. The first-order valence-corrected chi connectivity index (χ1v) is 5.59. The van der Waals surface area contributed by atoms with Gasteiger partial charge in [-0.15, -0.1) is 0 Å². The Balaban J connectivity index is 2.55. The van der Waals surface area contributed by atoms with Gasteiger partial charge in [-0.25, -0.2) is 4.98 Å². The third-order valence-corrected chi connectivity index (χ3v) is 3.14. The highest BCUT2D eigenvalue weighted by molar-refractivity contribution is 9.10. The van der Waals surface area contributed by atoms with Crippen LogP contribution in [0.4, 0.5) is 13.2 Å². The number of nitrogens with one attached hydrogen (secondary N) is 1. The third kappa shape index (κ3) is 2.31. The van der Waals surface area contributed by atoms with Crippen molar-refractivity contribution < 1.29 is 18.0 Å². The number of H-pyrrole nitrogens is 1. The number of imidazole rings is 1. The van der Waals surface area contributed by atoms with E-state index in [1.54, 1.807) is 0 Å². The molecule has 94 valence electrons. The number of carbonyl (C=O) groups excluding carboxylic acids is 1. The van der Waals surface area contributed by atoms with Crippen molar-refractivity contribution >= 4 is 22.2 Å². The molecule has 0 atom stereocenters. The lowest BCUT2D eigenvalue weighted by atomic mass is 10.1. The number of aromatic nitrogens is 2. The zero-order valence-corrected chi connectivity index (χ0v) is 10.3. The Morgan fingerprint density at radius 2 is 2.06 bits per heavy atom. The molecule has 7 heteroatoms. The van der Waals surface area contributed by atoms with E-state index < -0.39 is 11.7 Å². The van der Waals surface area contributed by atoms with Gasteiger partial charge in [0.05, 0.1) is 17.5 Å². The number of nitrogens with zero attached hydrogens (tertiary/aromatic N) is 1. The van der Waals surface area contributed by atoms with E-state index >= 15 is 0 Å². The summed E-state index contributed by atoms with van der Waals surface area (Å²) in [5.74, 6) is 0.204. The number of carbonyl (C=O) groups is 1. The van der Waals surface area contributed by atoms with E-state index in [1.165, 1.54) is 18.3 Å². The number of hydrogen-bond acceptors (Lipinski definition) is 2. The summed E-state index contributed by atoms with van der Waals surface area (Å²) in [7, 11) is 0. The minimum absolute atomic E-state index is 0.107. The van der Waals surface area contributed by atoms with Crippen LogP contribution < -0.4 is 0 Å². The van der Waals surface area contributed by atoms with Crippen molar-refractivity contribution in [3.63, 3.8) is 0 Å². The van der Waals surface area contributed by atoms with Crippen LogP contribution >= 0.6 is 15.9 Å². The Bertz CT molecular complexity index is 592. The largest absolute Gasteiger partial charge is 0.417 e. The molecule has 1 aromatic carbocycles. The molecule has 2 aromatic rings. The molecule has 1 N–H and O–H groups in total. The number of aromatic amines is 1. The van der Waals surface area contributed by atoms with Crippen molar-refractivity contribution in [1.29, 1.82) is 0 Å². The summed E-state index contributed by atoms with van der Waals surface area (Å²) >= 11 is 2.92. The zero-order chi connectivity index (χ0) is 13.3. The van der Waals surface area contributed by atoms with Crippen LogP contribution in [0.25, 0.3) is 11.4 Å². The maximum atomic E-state index is 12.7. The Hall–Kier alpha value is -1.63. The van der Waals surface area contributed by atoms with E-state index in [4.69, 9.17) is 0 Å². The molecule has 0 aliphatic heterocycles. The average molecular weight is 319 g/mol. The lowest BCUT2D eigenvalue weighted by Gasteiger charge is -2.11. The van der Waals surface area contributed by atoms with Crippen LogP contribution in [0.3, 0.4) is 0 Å². The third-order valence-electron chi connectivity index (χ3n) is 2.28. The van der Waals surface area contributed by atoms with Gasteiger partial charge in [0.25, 0.3) is 0 Å². The number of alkyl halides is 3. The molecule has 0 radical (unpaired) electrons. The van der Waals surface area contributed by atoms with Crippen molar-refractivity contribution in [2.45, 2.75) is 6.18 Å². The molecular weight excluding hydrogens is 313 g/mol. The summed E-state index contributed by atoms with van der Waals surface area (Å²) in [6.45, 7) is 0. The van der Waals surface area contributed by atoms with E-state index in [0.29, 0.717) is 6.29 Å². The topological polar surface area (TPSA) is 45.8 Å². The molecule has 0 saturated carbocycles. The van der Waals surface area contributed by atoms with Crippen molar-refractivity contribution in [1.82, 2.24) is 9.97 Å². The van der Waals surface area contributed by atoms with Crippen LogP contribution in [-0.4, -0.2) is 16.3 Å². The Labute approximate surface area is 108 Å². The Morgan fingerprint density at radius 3 is 2.61 bits per heavy atom. The predicted molar refractivity (Wildman–Crippen MR) is 62.1 cm³/mol. The van der Waals surface area contributed by atoms with Crippen molar-refractivity contribution in [3.05, 3.63) is 40.1 Å². The van der Waals surface area contributed by atoms with Crippen molar-refractivity contribution in [3.8, 4) is 11.4 Å². The summed E-state index contributed by atoms with van der Waals surface area (Å²) in [5.41, 5.74) is -0.337.